The van der Waals surface area contributed by atoms with Crippen molar-refractivity contribution in [1.82, 2.24) is 20.3 Å². The lowest BCUT2D eigenvalue weighted by molar-refractivity contribution is -0.130. The third-order valence-corrected chi connectivity index (χ3v) is 7.74. The Morgan fingerprint density at radius 3 is 2.16 bits per heavy atom. The van der Waals surface area contributed by atoms with E-state index in [0.717, 1.165) is 17.8 Å². The number of carbonyl (C=O) groups excluding carboxylic acids is 2. The van der Waals surface area contributed by atoms with Crippen LogP contribution in [-0.4, -0.2) is 49.6 Å². The Hall–Kier alpha value is -3.49. The summed E-state index contributed by atoms with van der Waals surface area (Å²) in [5.74, 6) is -2.11. The molecular formula is C25H29N7O4S2. The van der Waals surface area contributed by atoms with E-state index in [1.165, 1.54) is 5.38 Å². The number of hydrogen-bond donors (Lipinski definition) is 6. The zero-order valence-electron chi connectivity index (χ0n) is 20.3. The first-order valence-electron chi connectivity index (χ1n) is 11.9. The number of rotatable bonds is 11. The number of nitrogens with one attached hydrogen (secondary N) is 4. The van der Waals surface area contributed by atoms with Crippen molar-refractivity contribution in [3.63, 3.8) is 0 Å². The van der Waals surface area contributed by atoms with Crippen LogP contribution in [-0.2, 0) is 19.8 Å². The minimum absolute atomic E-state index is 0.182. The highest BCUT2D eigenvalue weighted by molar-refractivity contribution is 7.87. The molecular weight excluding hydrogens is 526 g/mol. The highest BCUT2D eigenvalue weighted by Crippen LogP contribution is 2.30. The topological polar surface area (TPSA) is 193 Å². The minimum Gasteiger partial charge on any atom is -0.382 e. The molecule has 1 amide bonds. The second kappa shape index (κ2) is 11.9. The molecule has 13 heteroatoms. The van der Waals surface area contributed by atoms with Crippen LogP contribution in [0.4, 0.5) is 0 Å². The lowest BCUT2D eigenvalue weighted by Gasteiger charge is -2.29. The SMILES string of the molecule is N=C(N)c1csc(C(NC(=O)[C@H](NS(N)(=O)=O)C(c2ccccc2)c2ccccc2)C(=O)[C@@H]2CCCN2)n1. The predicted octanol–water partition coefficient (Wildman–Crippen LogP) is 0.899. The summed E-state index contributed by atoms with van der Waals surface area (Å²) in [5, 5.41) is 20.7. The fourth-order valence-electron chi connectivity index (χ4n) is 4.51. The first-order valence-corrected chi connectivity index (χ1v) is 14.3. The number of thiazole rings is 1. The fraction of sp³-hybridized carbons (Fsp3) is 0.280. The second-order valence-electron chi connectivity index (χ2n) is 8.92. The number of nitrogens with two attached hydrogens (primary N) is 2. The van der Waals surface area contributed by atoms with Crippen molar-refractivity contribution < 1.29 is 18.0 Å². The van der Waals surface area contributed by atoms with Gasteiger partial charge in [0.05, 0.1) is 6.04 Å². The molecule has 0 radical (unpaired) electrons. The van der Waals surface area contributed by atoms with Gasteiger partial charge in [-0.2, -0.15) is 13.1 Å². The summed E-state index contributed by atoms with van der Waals surface area (Å²) in [6, 6.07) is 14.8. The standard InChI is InChI=1S/C25H29N7O4S2/c26-23(27)18-14-37-25(30-18)21(22(33)17-12-7-13-29-17)31-24(34)20(32-38(28,35)36)19(15-8-3-1-4-9-15)16-10-5-2-6-11-16/h1-6,8-11,14,17,19-21,29,32H,7,12-13H2,(H3,26,27)(H,31,34)(H2,28,35,36)/t17-,20+,21?/m0/s1. The van der Waals surface area contributed by atoms with Crippen LogP contribution in [0.15, 0.2) is 66.0 Å². The first kappa shape index (κ1) is 27.5. The zero-order chi connectivity index (χ0) is 27.3. The van der Waals surface area contributed by atoms with E-state index in [0.29, 0.717) is 24.1 Å². The number of amidine groups is 1. The maximum absolute atomic E-state index is 13.9. The average molecular weight is 556 g/mol. The lowest BCUT2D eigenvalue weighted by atomic mass is 9.85. The monoisotopic (exact) mass is 555 g/mol. The van der Waals surface area contributed by atoms with Crippen LogP contribution in [0.5, 0.6) is 0 Å². The van der Waals surface area contributed by atoms with E-state index < -0.39 is 40.2 Å². The number of aromatic nitrogens is 1. The van der Waals surface area contributed by atoms with Crippen LogP contribution in [0.25, 0.3) is 0 Å². The van der Waals surface area contributed by atoms with Gasteiger partial charge in [0.15, 0.2) is 5.78 Å². The molecule has 2 aromatic carbocycles. The van der Waals surface area contributed by atoms with Crippen molar-refractivity contribution >= 4 is 39.1 Å². The van der Waals surface area contributed by atoms with Crippen LogP contribution in [0.3, 0.4) is 0 Å². The van der Waals surface area contributed by atoms with Crippen molar-refractivity contribution in [3.05, 3.63) is 87.9 Å². The van der Waals surface area contributed by atoms with Gasteiger partial charge in [0, 0.05) is 11.3 Å². The molecule has 1 aromatic heterocycles. The van der Waals surface area contributed by atoms with E-state index in [9.17, 15) is 18.0 Å². The molecule has 3 aromatic rings. The summed E-state index contributed by atoms with van der Waals surface area (Å²) < 4.78 is 26.8. The number of nitrogens with zero attached hydrogens (tertiary/aromatic N) is 1. The molecule has 0 spiro atoms. The molecule has 38 heavy (non-hydrogen) atoms. The number of ketones is 1. The van der Waals surface area contributed by atoms with Gasteiger partial charge >= 0.3 is 0 Å². The Morgan fingerprint density at radius 2 is 1.68 bits per heavy atom. The fourth-order valence-corrected chi connectivity index (χ4v) is 5.98. The van der Waals surface area contributed by atoms with Crippen molar-refractivity contribution in [2.45, 2.75) is 36.9 Å². The van der Waals surface area contributed by atoms with Gasteiger partial charge in [-0.15, -0.1) is 11.3 Å². The summed E-state index contributed by atoms with van der Waals surface area (Å²) in [5.41, 5.74) is 7.09. The molecule has 8 N–H and O–H groups in total. The van der Waals surface area contributed by atoms with Gasteiger partial charge < -0.3 is 16.4 Å². The van der Waals surface area contributed by atoms with E-state index in [1.54, 1.807) is 48.5 Å². The van der Waals surface area contributed by atoms with Crippen molar-refractivity contribution in [2.24, 2.45) is 10.9 Å². The molecule has 1 aliphatic heterocycles. The Labute approximate surface area is 224 Å². The molecule has 11 nitrogen and oxygen atoms in total. The van der Waals surface area contributed by atoms with Crippen molar-refractivity contribution in [3.8, 4) is 0 Å². The highest BCUT2D eigenvalue weighted by Gasteiger charge is 2.38. The van der Waals surface area contributed by atoms with E-state index >= 15 is 0 Å². The molecule has 200 valence electrons. The number of carbonyl (C=O) groups is 2. The van der Waals surface area contributed by atoms with Gasteiger partial charge in [0.25, 0.3) is 10.2 Å². The van der Waals surface area contributed by atoms with E-state index in [1.807, 2.05) is 12.1 Å². The molecule has 0 bridgehead atoms. The normalized spacial score (nSPS) is 17.2. The summed E-state index contributed by atoms with van der Waals surface area (Å²) in [6.07, 6.45) is 1.39. The van der Waals surface area contributed by atoms with Crippen molar-refractivity contribution in [1.29, 1.82) is 5.41 Å². The average Bonchev–Trinajstić information content (AvgIpc) is 3.60. The van der Waals surface area contributed by atoms with Gasteiger partial charge in [-0.05, 0) is 30.5 Å². The minimum atomic E-state index is -4.34. The van der Waals surface area contributed by atoms with Crippen molar-refractivity contribution in [2.75, 3.05) is 6.54 Å². The number of amides is 1. The van der Waals surface area contributed by atoms with Crippen LogP contribution in [0.1, 0.15) is 46.6 Å². The zero-order valence-corrected chi connectivity index (χ0v) is 22.0. The summed E-state index contributed by atoms with van der Waals surface area (Å²) in [6.45, 7) is 0.660. The Kier molecular flexibility index (Phi) is 8.64. The third-order valence-electron chi connectivity index (χ3n) is 6.24. The molecule has 0 aliphatic carbocycles. The van der Waals surface area contributed by atoms with Gasteiger partial charge in [-0.25, -0.2) is 10.1 Å². The number of nitrogen functional groups attached to an aromatic ring is 1. The largest absolute Gasteiger partial charge is 0.382 e. The van der Waals surface area contributed by atoms with Gasteiger partial charge in [-0.1, -0.05) is 60.7 Å². The molecule has 1 fully saturated rings. The first-order chi connectivity index (χ1) is 18.1. The van der Waals surface area contributed by atoms with Gasteiger partial charge in [0.2, 0.25) is 5.91 Å². The summed E-state index contributed by atoms with van der Waals surface area (Å²) in [4.78, 5) is 31.7. The second-order valence-corrected chi connectivity index (χ2v) is 11.1. The van der Waals surface area contributed by atoms with E-state index in [-0.39, 0.29) is 22.3 Å². The lowest BCUT2D eigenvalue weighted by Crippen LogP contribution is -2.54. The Morgan fingerprint density at radius 1 is 1.08 bits per heavy atom. The van der Waals surface area contributed by atoms with Crippen LogP contribution < -0.4 is 26.2 Å². The molecule has 3 atom stereocenters. The smallest absolute Gasteiger partial charge is 0.275 e. The quantitative estimate of drug-likeness (QED) is 0.149. The maximum Gasteiger partial charge on any atom is 0.275 e. The van der Waals surface area contributed by atoms with E-state index in [2.05, 4.69) is 20.3 Å². The maximum atomic E-state index is 13.9. The Balaban J connectivity index is 1.75. The summed E-state index contributed by atoms with van der Waals surface area (Å²) >= 11 is 1.08. The number of hydrogen-bond acceptors (Lipinski definition) is 8. The predicted molar refractivity (Wildman–Crippen MR) is 145 cm³/mol. The highest BCUT2D eigenvalue weighted by atomic mass is 32.2. The van der Waals surface area contributed by atoms with Gasteiger partial charge in [0.1, 0.15) is 28.6 Å². The molecule has 1 unspecified atom stereocenters. The van der Waals surface area contributed by atoms with Crippen LogP contribution in [0.2, 0.25) is 0 Å². The third kappa shape index (κ3) is 6.68. The molecule has 1 saturated heterocycles. The van der Waals surface area contributed by atoms with Crippen LogP contribution >= 0.6 is 11.3 Å². The van der Waals surface area contributed by atoms with E-state index in [4.69, 9.17) is 16.3 Å². The number of benzene rings is 2. The summed E-state index contributed by atoms with van der Waals surface area (Å²) in [7, 11) is -4.34. The molecule has 2 heterocycles. The molecule has 0 saturated carbocycles. The number of Topliss-reactive ketones (excluding diaryl/α,β-unsaturated/α-hetero) is 1. The van der Waals surface area contributed by atoms with Gasteiger partial charge in [-0.3, -0.25) is 15.0 Å². The van der Waals surface area contributed by atoms with Crippen LogP contribution in [0, 0.1) is 5.41 Å². The Bertz CT molecular complexity index is 1350. The molecule has 1 aliphatic rings. The molecule has 4 rings (SSSR count).